The Labute approximate surface area is 155 Å². The molecule has 26 heavy (non-hydrogen) atoms. The summed E-state index contributed by atoms with van der Waals surface area (Å²) < 4.78 is 0. The van der Waals surface area contributed by atoms with Crippen LogP contribution in [0.2, 0.25) is 0 Å². The van der Waals surface area contributed by atoms with Gasteiger partial charge in [0.25, 0.3) is 0 Å². The van der Waals surface area contributed by atoms with Crippen LogP contribution in [-0.2, 0) is 5.41 Å². The fraction of sp³-hybridized carbons (Fsp3) is 0.160. The Kier molecular flexibility index (Phi) is 4.08. The fourth-order valence-electron chi connectivity index (χ4n) is 3.33. The molecule has 1 heteroatoms. The lowest BCUT2D eigenvalue weighted by atomic mass is 9.86. The van der Waals surface area contributed by atoms with Gasteiger partial charge in [-0.2, -0.15) is 0 Å². The van der Waals surface area contributed by atoms with Crippen LogP contribution in [0, 0.1) is 0 Å². The van der Waals surface area contributed by atoms with Crippen molar-refractivity contribution in [3.05, 3.63) is 90.6 Å². The van der Waals surface area contributed by atoms with Crippen molar-refractivity contribution in [1.29, 1.82) is 0 Å². The van der Waals surface area contributed by atoms with Gasteiger partial charge in [0.05, 0.1) is 5.69 Å². The summed E-state index contributed by atoms with van der Waals surface area (Å²) in [5, 5.41) is 2.41. The Morgan fingerprint density at radius 2 is 1.19 bits per heavy atom. The number of rotatable bonds is 2. The third-order valence-electron chi connectivity index (χ3n) is 4.92. The van der Waals surface area contributed by atoms with E-state index in [1.165, 1.54) is 27.5 Å². The summed E-state index contributed by atoms with van der Waals surface area (Å²) in [6.07, 6.45) is 1.89. The van der Waals surface area contributed by atoms with Gasteiger partial charge in [0, 0.05) is 17.1 Å². The van der Waals surface area contributed by atoms with Gasteiger partial charge >= 0.3 is 0 Å². The molecule has 128 valence electrons. The van der Waals surface area contributed by atoms with Crippen LogP contribution in [0.15, 0.2) is 85.1 Å². The smallest absolute Gasteiger partial charge is 0.0780 e. The minimum Gasteiger partial charge on any atom is -0.256 e. The van der Waals surface area contributed by atoms with Crippen LogP contribution >= 0.6 is 0 Å². The zero-order chi connectivity index (χ0) is 18.1. The average molecular weight is 337 g/mol. The predicted molar refractivity (Wildman–Crippen MR) is 111 cm³/mol. The molecule has 1 nitrogen and oxygen atoms in total. The van der Waals surface area contributed by atoms with Crippen molar-refractivity contribution in [1.82, 2.24) is 4.98 Å². The Hall–Kier alpha value is -2.93. The summed E-state index contributed by atoms with van der Waals surface area (Å²) in [6, 6.07) is 28.1. The SMILES string of the molecule is CC(C)(C)c1ccc(-c2ccc(-c3nccc4ccccc34)cc2)cc1. The van der Waals surface area contributed by atoms with E-state index < -0.39 is 0 Å². The molecule has 4 aromatic rings. The number of benzene rings is 3. The summed E-state index contributed by atoms with van der Waals surface area (Å²) in [5.74, 6) is 0. The quantitative estimate of drug-likeness (QED) is 0.389. The Bertz CT molecular complexity index is 1030. The van der Waals surface area contributed by atoms with Crippen LogP contribution in [0.5, 0.6) is 0 Å². The fourth-order valence-corrected chi connectivity index (χ4v) is 3.33. The summed E-state index contributed by atoms with van der Waals surface area (Å²) in [7, 11) is 0. The van der Waals surface area contributed by atoms with Gasteiger partial charge in [-0.3, -0.25) is 4.98 Å². The molecule has 1 aromatic heterocycles. The Morgan fingerprint density at radius 1 is 0.615 bits per heavy atom. The van der Waals surface area contributed by atoms with Crippen molar-refractivity contribution in [2.24, 2.45) is 0 Å². The lowest BCUT2D eigenvalue weighted by Crippen LogP contribution is -2.10. The van der Waals surface area contributed by atoms with Gasteiger partial charge < -0.3 is 0 Å². The molecular weight excluding hydrogens is 314 g/mol. The minimum absolute atomic E-state index is 0.183. The van der Waals surface area contributed by atoms with E-state index in [9.17, 15) is 0 Å². The van der Waals surface area contributed by atoms with Crippen LogP contribution in [0.3, 0.4) is 0 Å². The highest BCUT2D eigenvalue weighted by atomic mass is 14.7. The van der Waals surface area contributed by atoms with E-state index >= 15 is 0 Å². The molecule has 0 saturated carbocycles. The first-order valence-corrected chi connectivity index (χ1v) is 9.07. The molecule has 0 aliphatic heterocycles. The van der Waals surface area contributed by atoms with Gasteiger partial charge in [-0.1, -0.05) is 93.6 Å². The third kappa shape index (κ3) is 3.13. The summed E-state index contributed by atoms with van der Waals surface area (Å²) in [5.41, 5.74) is 6.21. The summed E-state index contributed by atoms with van der Waals surface area (Å²) in [6.45, 7) is 6.73. The Balaban J connectivity index is 1.69. The highest BCUT2D eigenvalue weighted by molar-refractivity contribution is 5.94. The minimum atomic E-state index is 0.183. The molecule has 0 N–H and O–H groups in total. The second-order valence-corrected chi connectivity index (χ2v) is 7.79. The molecule has 0 saturated heterocycles. The zero-order valence-corrected chi connectivity index (χ0v) is 15.5. The van der Waals surface area contributed by atoms with Crippen molar-refractivity contribution < 1.29 is 0 Å². The molecule has 0 radical (unpaired) electrons. The van der Waals surface area contributed by atoms with Crippen LogP contribution in [0.25, 0.3) is 33.2 Å². The highest BCUT2D eigenvalue weighted by Gasteiger charge is 2.13. The van der Waals surface area contributed by atoms with E-state index in [-0.39, 0.29) is 5.41 Å². The summed E-state index contributed by atoms with van der Waals surface area (Å²) >= 11 is 0. The number of fused-ring (bicyclic) bond motifs is 1. The Morgan fingerprint density at radius 3 is 1.85 bits per heavy atom. The van der Waals surface area contributed by atoms with E-state index in [1.807, 2.05) is 6.20 Å². The molecule has 0 amide bonds. The molecule has 0 spiro atoms. The van der Waals surface area contributed by atoms with Gasteiger partial charge in [-0.05, 0) is 33.6 Å². The molecule has 0 atom stereocenters. The van der Waals surface area contributed by atoms with Gasteiger partial charge in [0.2, 0.25) is 0 Å². The molecule has 0 bridgehead atoms. The van der Waals surface area contributed by atoms with Crippen molar-refractivity contribution in [3.63, 3.8) is 0 Å². The van der Waals surface area contributed by atoms with Crippen LogP contribution in [0.1, 0.15) is 26.3 Å². The summed E-state index contributed by atoms with van der Waals surface area (Å²) in [4.78, 5) is 4.62. The van der Waals surface area contributed by atoms with Crippen LogP contribution in [0.4, 0.5) is 0 Å². The maximum atomic E-state index is 4.62. The number of pyridine rings is 1. The normalized spacial score (nSPS) is 11.7. The van der Waals surface area contributed by atoms with E-state index in [4.69, 9.17) is 0 Å². The topological polar surface area (TPSA) is 12.9 Å². The van der Waals surface area contributed by atoms with Crippen molar-refractivity contribution >= 4 is 10.8 Å². The molecule has 3 aromatic carbocycles. The largest absolute Gasteiger partial charge is 0.256 e. The maximum Gasteiger partial charge on any atom is 0.0780 e. The average Bonchev–Trinajstić information content (AvgIpc) is 2.67. The van der Waals surface area contributed by atoms with E-state index in [1.54, 1.807) is 0 Å². The molecular formula is C25H23N. The third-order valence-corrected chi connectivity index (χ3v) is 4.92. The first-order valence-electron chi connectivity index (χ1n) is 9.07. The van der Waals surface area contributed by atoms with Crippen molar-refractivity contribution in [3.8, 4) is 22.4 Å². The molecule has 4 rings (SSSR count). The van der Waals surface area contributed by atoms with Gasteiger partial charge in [0.1, 0.15) is 0 Å². The molecule has 0 fully saturated rings. The molecule has 0 unspecified atom stereocenters. The molecule has 1 heterocycles. The predicted octanol–water partition coefficient (Wildman–Crippen LogP) is 6.87. The lowest BCUT2D eigenvalue weighted by Gasteiger charge is -2.19. The first-order chi connectivity index (χ1) is 12.5. The second-order valence-electron chi connectivity index (χ2n) is 7.79. The van der Waals surface area contributed by atoms with Crippen LogP contribution < -0.4 is 0 Å². The number of nitrogens with zero attached hydrogens (tertiary/aromatic N) is 1. The van der Waals surface area contributed by atoms with Gasteiger partial charge in [-0.15, -0.1) is 0 Å². The zero-order valence-electron chi connectivity index (χ0n) is 15.5. The molecule has 0 aliphatic carbocycles. The van der Waals surface area contributed by atoms with Gasteiger partial charge in [-0.25, -0.2) is 0 Å². The maximum absolute atomic E-state index is 4.62. The monoisotopic (exact) mass is 337 g/mol. The number of hydrogen-bond donors (Lipinski definition) is 0. The highest BCUT2D eigenvalue weighted by Crippen LogP contribution is 2.30. The number of aromatic nitrogens is 1. The van der Waals surface area contributed by atoms with Crippen molar-refractivity contribution in [2.75, 3.05) is 0 Å². The van der Waals surface area contributed by atoms with E-state index in [0.717, 1.165) is 11.3 Å². The number of hydrogen-bond acceptors (Lipinski definition) is 1. The lowest BCUT2D eigenvalue weighted by molar-refractivity contribution is 0.590. The van der Waals surface area contributed by atoms with Gasteiger partial charge in [0.15, 0.2) is 0 Å². The van der Waals surface area contributed by atoms with Crippen LogP contribution in [-0.4, -0.2) is 4.98 Å². The standard InChI is InChI=1S/C25H23N/c1-25(2,3)22-14-12-19(13-15-22)18-8-10-21(11-9-18)24-23-7-5-4-6-20(23)16-17-26-24/h4-17H,1-3H3. The first kappa shape index (κ1) is 16.5. The van der Waals surface area contributed by atoms with Crippen molar-refractivity contribution in [2.45, 2.75) is 26.2 Å². The molecule has 0 aliphatic rings. The van der Waals surface area contributed by atoms with E-state index in [2.05, 4.69) is 105 Å². The second kappa shape index (κ2) is 6.42. The van der Waals surface area contributed by atoms with E-state index in [0.29, 0.717) is 0 Å².